The molecular formula is C20H33N3O3S. The van der Waals surface area contributed by atoms with E-state index in [1.54, 1.807) is 24.3 Å². The van der Waals surface area contributed by atoms with Crippen LogP contribution in [0.25, 0.3) is 0 Å². The van der Waals surface area contributed by atoms with Crippen LogP contribution < -0.4 is 10.6 Å². The van der Waals surface area contributed by atoms with Crippen LogP contribution in [0.15, 0.2) is 40.2 Å². The van der Waals surface area contributed by atoms with Crippen molar-refractivity contribution in [3.8, 4) is 0 Å². The van der Waals surface area contributed by atoms with Gasteiger partial charge in [-0.2, -0.15) is 0 Å². The number of nitrogens with zero attached hydrogens (tertiary/aromatic N) is 1. The van der Waals surface area contributed by atoms with E-state index in [4.69, 9.17) is 4.74 Å². The van der Waals surface area contributed by atoms with Crippen LogP contribution in [-0.4, -0.2) is 52.5 Å². The second-order valence-corrected chi connectivity index (χ2v) is 9.01. The first-order valence-corrected chi connectivity index (χ1v) is 11.6. The first-order valence-electron chi connectivity index (χ1n) is 9.95. The molecule has 1 saturated carbocycles. The van der Waals surface area contributed by atoms with Crippen molar-refractivity contribution in [2.24, 2.45) is 10.9 Å². The standard InChI is InChI=1S/C20H33N3O3S/c1-3-18(16-27(24,25)19-9-6-5-7-10-19)23-20(21-4-2)22-13-8-14-26-15-17-11-12-17/h5-7,9-10,17-18H,3-4,8,11-16H2,1-2H3,(H2,21,22,23). The Balaban J connectivity index is 1.84. The first kappa shape index (κ1) is 21.7. The van der Waals surface area contributed by atoms with Crippen molar-refractivity contribution in [2.45, 2.75) is 50.5 Å². The second kappa shape index (κ2) is 11.3. The van der Waals surface area contributed by atoms with Crippen LogP contribution in [0, 0.1) is 5.92 Å². The molecular weight excluding hydrogens is 362 g/mol. The fraction of sp³-hybridized carbons (Fsp3) is 0.650. The summed E-state index contributed by atoms with van der Waals surface area (Å²) in [6, 6.07) is 8.40. The van der Waals surface area contributed by atoms with Crippen LogP contribution in [0.3, 0.4) is 0 Å². The molecule has 7 heteroatoms. The molecule has 2 rings (SSSR count). The molecule has 0 bridgehead atoms. The zero-order valence-electron chi connectivity index (χ0n) is 16.5. The molecule has 0 saturated heterocycles. The molecule has 1 aliphatic carbocycles. The van der Waals surface area contributed by atoms with Crippen LogP contribution >= 0.6 is 0 Å². The Hall–Kier alpha value is -1.60. The van der Waals surface area contributed by atoms with E-state index in [2.05, 4.69) is 15.6 Å². The molecule has 1 aliphatic rings. The molecule has 1 aromatic carbocycles. The molecule has 2 N–H and O–H groups in total. The fourth-order valence-corrected chi connectivity index (χ4v) is 4.27. The Morgan fingerprint density at radius 1 is 1.26 bits per heavy atom. The number of hydrogen-bond acceptors (Lipinski definition) is 4. The number of ether oxygens (including phenoxy) is 1. The lowest BCUT2D eigenvalue weighted by Gasteiger charge is -2.20. The maximum absolute atomic E-state index is 12.6. The minimum Gasteiger partial charge on any atom is -0.381 e. The molecule has 0 aliphatic heterocycles. The van der Waals surface area contributed by atoms with Gasteiger partial charge in [0.2, 0.25) is 0 Å². The minimum absolute atomic E-state index is 0.0441. The second-order valence-electron chi connectivity index (χ2n) is 6.98. The monoisotopic (exact) mass is 395 g/mol. The van der Waals surface area contributed by atoms with E-state index in [1.165, 1.54) is 12.8 Å². The van der Waals surface area contributed by atoms with E-state index in [0.29, 0.717) is 23.8 Å². The number of nitrogens with one attached hydrogen (secondary N) is 2. The number of guanidine groups is 1. The summed E-state index contributed by atoms with van der Waals surface area (Å²) in [4.78, 5) is 4.92. The largest absolute Gasteiger partial charge is 0.381 e. The van der Waals surface area contributed by atoms with Gasteiger partial charge in [0.1, 0.15) is 0 Å². The van der Waals surface area contributed by atoms with E-state index in [9.17, 15) is 8.42 Å². The summed E-state index contributed by atoms with van der Waals surface area (Å²) in [5.41, 5.74) is 0. The van der Waals surface area contributed by atoms with Gasteiger partial charge in [0, 0.05) is 32.3 Å². The minimum atomic E-state index is -3.33. The highest BCUT2D eigenvalue weighted by atomic mass is 32.2. The quantitative estimate of drug-likeness (QED) is 0.323. The molecule has 6 nitrogen and oxygen atoms in total. The predicted octanol–water partition coefficient (Wildman–Crippen LogP) is 2.61. The summed E-state index contributed by atoms with van der Waals surface area (Å²) in [5.74, 6) is 1.49. The Morgan fingerprint density at radius 2 is 2.00 bits per heavy atom. The summed E-state index contributed by atoms with van der Waals surface area (Å²) < 4.78 is 30.9. The van der Waals surface area contributed by atoms with E-state index in [1.807, 2.05) is 19.9 Å². The highest BCUT2D eigenvalue weighted by Gasteiger charge is 2.21. The summed E-state index contributed by atoms with van der Waals surface area (Å²) in [6.45, 7) is 6.95. The number of benzene rings is 1. The third-order valence-electron chi connectivity index (χ3n) is 4.47. The van der Waals surface area contributed by atoms with E-state index >= 15 is 0 Å². The van der Waals surface area contributed by atoms with Crippen molar-refractivity contribution < 1.29 is 13.2 Å². The third kappa shape index (κ3) is 8.30. The molecule has 0 heterocycles. The van der Waals surface area contributed by atoms with Gasteiger partial charge in [-0.25, -0.2) is 8.42 Å². The molecule has 152 valence electrons. The highest BCUT2D eigenvalue weighted by molar-refractivity contribution is 7.91. The Bertz CT molecular complexity index is 673. The van der Waals surface area contributed by atoms with Crippen LogP contribution in [-0.2, 0) is 14.6 Å². The zero-order chi connectivity index (χ0) is 19.5. The number of aliphatic imine (C=N–C) groups is 1. The molecule has 0 aromatic heterocycles. The number of sulfone groups is 1. The van der Waals surface area contributed by atoms with Crippen LogP contribution in [0.1, 0.15) is 39.5 Å². The van der Waals surface area contributed by atoms with Crippen molar-refractivity contribution in [1.82, 2.24) is 10.6 Å². The zero-order valence-corrected chi connectivity index (χ0v) is 17.3. The summed E-state index contributed by atoms with van der Waals surface area (Å²) in [6.07, 6.45) is 4.16. The average molecular weight is 396 g/mol. The van der Waals surface area contributed by atoms with Gasteiger partial charge >= 0.3 is 0 Å². The number of hydrogen-bond donors (Lipinski definition) is 2. The highest BCUT2D eigenvalue weighted by Crippen LogP contribution is 2.28. The number of rotatable bonds is 12. The third-order valence-corrected chi connectivity index (χ3v) is 6.30. The predicted molar refractivity (Wildman–Crippen MR) is 110 cm³/mol. The normalized spacial score (nSPS) is 16.1. The Kier molecular flexibility index (Phi) is 9.07. The van der Waals surface area contributed by atoms with Gasteiger partial charge in [-0.15, -0.1) is 0 Å². The van der Waals surface area contributed by atoms with Gasteiger partial charge in [0.15, 0.2) is 15.8 Å². The van der Waals surface area contributed by atoms with Gasteiger partial charge in [0.25, 0.3) is 0 Å². The Morgan fingerprint density at radius 3 is 2.63 bits per heavy atom. The SMILES string of the molecule is CCNC(=NCCCOCC1CC1)NC(CC)CS(=O)(=O)c1ccccc1. The molecule has 0 amide bonds. The van der Waals surface area contributed by atoms with Crippen LogP contribution in [0.4, 0.5) is 0 Å². The maximum Gasteiger partial charge on any atom is 0.191 e. The molecule has 0 radical (unpaired) electrons. The maximum atomic E-state index is 12.6. The lowest BCUT2D eigenvalue weighted by molar-refractivity contribution is 0.123. The van der Waals surface area contributed by atoms with Crippen molar-refractivity contribution in [2.75, 3.05) is 32.1 Å². The lowest BCUT2D eigenvalue weighted by atomic mass is 10.3. The molecule has 1 aromatic rings. The van der Waals surface area contributed by atoms with E-state index < -0.39 is 9.84 Å². The van der Waals surface area contributed by atoms with Crippen molar-refractivity contribution in [3.05, 3.63) is 30.3 Å². The van der Waals surface area contributed by atoms with Gasteiger partial charge in [-0.05, 0) is 50.7 Å². The smallest absolute Gasteiger partial charge is 0.191 e. The van der Waals surface area contributed by atoms with Crippen molar-refractivity contribution in [3.63, 3.8) is 0 Å². The molecule has 27 heavy (non-hydrogen) atoms. The van der Waals surface area contributed by atoms with Gasteiger partial charge < -0.3 is 15.4 Å². The van der Waals surface area contributed by atoms with Gasteiger partial charge in [-0.1, -0.05) is 25.1 Å². The lowest BCUT2D eigenvalue weighted by Crippen LogP contribution is -2.46. The average Bonchev–Trinajstić information content (AvgIpc) is 3.49. The first-order chi connectivity index (χ1) is 13.0. The summed E-state index contributed by atoms with van der Waals surface area (Å²) in [5, 5.41) is 6.46. The van der Waals surface area contributed by atoms with Crippen molar-refractivity contribution >= 4 is 15.8 Å². The van der Waals surface area contributed by atoms with Crippen LogP contribution in [0.2, 0.25) is 0 Å². The summed E-state index contributed by atoms with van der Waals surface area (Å²) >= 11 is 0. The van der Waals surface area contributed by atoms with E-state index in [-0.39, 0.29) is 11.8 Å². The van der Waals surface area contributed by atoms with Crippen LogP contribution in [0.5, 0.6) is 0 Å². The molecule has 1 unspecified atom stereocenters. The molecule has 1 atom stereocenters. The molecule has 0 spiro atoms. The van der Waals surface area contributed by atoms with Gasteiger partial charge in [0.05, 0.1) is 10.6 Å². The molecule has 1 fully saturated rings. The Labute approximate surface area is 163 Å². The van der Waals surface area contributed by atoms with Gasteiger partial charge in [-0.3, -0.25) is 4.99 Å². The fourth-order valence-electron chi connectivity index (χ4n) is 2.66. The van der Waals surface area contributed by atoms with E-state index in [0.717, 1.165) is 32.1 Å². The van der Waals surface area contributed by atoms with Crippen molar-refractivity contribution in [1.29, 1.82) is 0 Å². The topological polar surface area (TPSA) is 79.8 Å². The summed E-state index contributed by atoms with van der Waals surface area (Å²) in [7, 11) is -3.33.